The van der Waals surface area contributed by atoms with Crippen LogP contribution in [-0.2, 0) is 6.54 Å². The molecule has 0 atom stereocenters. The summed E-state index contributed by atoms with van der Waals surface area (Å²) in [5, 5.41) is 6.50. The summed E-state index contributed by atoms with van der Waals surface area (Å²) in [5.74, 6) is 0. The molecule has 0 spiro atoms. The number of hydrogen-bond acceptors (Lipinski definition) is 4. The van der Waals surface area contributed by atoms with Gasteiger partial charge in [0.1, 0.15) is 0 Å². The van der Waals surface area contributed by atoms with Crippen LogP contribution in [0.3, 0.4) is 0 Å². The molecule has 0 aliphatic rings. The highest BCUT2D eigenvalue weighted by Crippen LogP contribution is 2.21. The van der Waals surface area contributed by atoms with Gasteiger partial charge < -0.3 is 10.2 Å². The number of unbranched alkanes of at least 4 members (excludes halogenated alkanes) is 2. The van der Waals surface area contributed by atoms with Crippen molar-refractivity contribution in [2.75, 3.05) is 25.0 Å². The van der Waals surface area contributed by atoms with Gasteiger partial charge in [-0.3, -0.25) is 0 Å². The molecule has 0 unspecified atom stereocenters. The highest BCUT2D eigenvalue weighted by atomic mass is 32.1. The van der Waals surface area contributed by atoms with Crippen LogP contribution in [0.25, 0.3) is 0 Å². The maximum atomic E-state index is 4.69. The molecule has 1 aromatic heterocycles. The molecule has 0 aliphatic heterocycles. The largest absolute Gasteiger partial charge is 0.348 e. The van der Waals surface area contributed by atoms with Gasteiger partial charge in [0, 0.05) is 25.0 Å². The summed E-state index contributed by atoms with van der Waals surface area (Å²) in [5.41, 5.74) is 1.16. The summed E-state index contributed by atoms with van der Waals surface area (Å²) in [7, 11) is 1.96. The van der Waals surface area contributed by atoms with E-state index in [9.17, 15) is 0 Å². The summed E-state index contributed by atoms with van der Waals surface area (Å²) in [6.45, 7) is 7.64. The van der Waals surface area contributed by atoms with Crippen LogP contribution in [0.1, 0.15) is 45.2 Å². The molecule has 0 saturated heterocycles. The minimum atomic E-state index is 0.867. The zero-order valence-electron chi connectivity index (χ0n) is 11.3. The van der Waals surface area contributed by atoms with Crippen molar-refractivity contribution in [1.29, 1.82) is 0 Å². The van der Waals surface area contributed by atoms with Crippen LogP contribution in [0, 0.1) is 0 Å². The molecular weight excluding hydrogens is 230 g/mol. The predicted molar refractivity (Wildman–Crippen MR) is 76.9 cm³/mol. The third-order valence-electron chi connectivity index (χ3n) is 2.73. The van der Waals surface area contributed by atoms with Gasteiger partial charge in [-0.05, 0) is 19.9 Å². The Kier molecular flexibility index (Phi) is 7.21. The van der Waals surface area contributed by atoms with Crippen LogP contribution >= 0.6 is 11.3 Å². The molecule has 0 amide bonds. The standard InChI is InChI=1S/C13H25N3S/c1-4-6-8-16(9-7-5-2)13-15-12(10-14-3)11-17-13/h11,14H,4-10H2,1-3H3. The first-order valence-electron chi connectivity index (χ1n) is 6.65. The normalized spacial score (nSPS) is 10.8. The smallest absolute Gasteiger partial charge is 0.185 e. The van der Waals surface area contributed by atoms with E-state index in [4.69, 9.17) is 0 Å². The van der Waals surface area contributed by atoms with Crippen molar-refractivity contribution in [3.8, 4) is 0 Å². The number of thiazole rings is 1. The van der Waals surface area contributed by atoms with E-state index in [2.05, 4.69) is 34.4 Å². The Morgan fingerprint density at radius 3 is 2.41 bits per heavy atom. The molecule has 98 valence electrons. The summed E-state index contributed by atoms with van der Waals surface area (Å²) in [6, 6.07) is 0. The van der Waals surface area contributed by atoms with Crippen LogP contribution < -0.4 is 10.2 Å². The first-order chi connectivity index (χ1) is 8.31. The minimum absolute atomic E-state index is 0.867. The zero-order chi connectivity index (χ0) is 12.5. The van der Waals surface area contributed by atoms with Crippen molar-refractivity contribution in [3.63, 3.8) is 0 Å². The van der Waals surface area contributed by atoms with E-state index in [-0.39, 0.29) is 0 Å². The van der Waals surface area contributed by atoms with Gasteiger partial charge in [-0.15, -0.1) is 11.3 Å². The van der Waals surface area contributed by atoms with Crippen LogP contribution in [0.15, 0.2) is 5.38 Å². The average molecular weight is 255 g/mol. The summed E-state index contributed by atoms with van der Waals surface area (Å²) in [6.07, 6.45) is 5.00. The van der Waals surface area contributed by atoms with E-state index >= 15 is 0 Å². The molecular formula is C13H25N3S. The molecule has 17 heavy (non-hydrogen) atoms. The number of nitrogens with zero attached hydrogens (tertiary/aromatic N) is 2. The topological polar surface area (TPSA) is 28.2 Å². The van der Waals surface area contributed by atoms with Gasteiger partial charge in [-0.1, -0.05) is 26.7 Å². The summed E-state index contributed by atoms with van der Waals surface area (Å²) < 4.78 is 0. The second-order valence-electron chi connectivity index (χ2n) is 4.35. The van der Waals surface area contributed by atoms with Crippen LogP contribution in [0.5, 0.6) is 0 Å². The number of nitrogens with one attached hydrogen (secondary N) is 1. The minimum Gasteiger partial charge on any atom is -0.348 e. The average Bonchev–Trinajstić information content (AvgIpc) is 2.78. The number of aromatic nitrogens is 1. The monoisotopic (exact) mass is 255 g/mol. The molecule has 0 aromatic carbocycles. The molecule has 1 rings (SSSR count). The SMILES string of the molecule is CCCCN(CCCC)c1nc(CNC)cs1. The molecule has 0 bridgehead atoms. The Hall–Kier alpha value is -0.610. The van der Waals surface area contributed by atoms with E-state index < -0.39 is 0 Å². The maximum absolute atomic E-state index is 4.69. The van der Waals surface area contributed by atoms with Gasteiger partial charge in [0.25, 0.3) is 0 Å². The van der Waals surface area contributed by atoms with Crippen molar-refractivity contribution in [1.82, 2.24) is 10.3 Å². The third kappa shape index (κ3) is 5.04. The van der Waals surface area contributed by atoms with Crippen LogP contribution in [0.4, 0.5) is 5.13 Å². The lowest BCUT2D eigenvalue weighted by atomic mass is 10.3. The van der Waals surface area contributed by atoms with E-state index in [0.29, 0.717) is 0 Å². The van der Waals surface area contributed by atoms with E-state index in [1.807, 2.05) is 7.05 Å². The van der Waals surface area contributed by atoms with E-state index in [1.54, 1.807) is 11.3 Å². The lowest BCUT2D eigenvalue weighted by Gasteiger charge is -2.21. The molecule has 1 N–H and O–H groups in total. The fourth-order valence-corrected chi connectivity index (χ4v) is 2.58. The molecule has 1 heterocycles. The lowest BCUT2D eigenvalue weighted by molar-refractivity contribution is 0.674. The molecule has 3 nitrogen and oxygen atoms in total. The zero-order valence-corrected chi connectivity index (χ0v) is 12.1. The van der Waals surface area contributed by atoms with Gasteiger partial charge in [0.2, 0.25) is 0 Å². The molecule has 4 heteroatoms. The van der Waals surface area contributed by atoms with Gasteiger partial charge in [0.15, 0.2) is 5.13 Å². The fraction of sp³-hybridized carbons (Fsp3) is 0.769. The Bertz CT molecular complexity index is 291. The van der Waals surface area contributed by atoms with Gasteiger partial charge >= 0.3 is 0 Å². The second kappa shape index (κ2) is 8.48. The predicted octanol–water partition coefficient (Wildman–Crippen LogP) is 3.27. The van der Waals surface area contributed by atoms with E-state index in [0.717, 1.165) is 25.3 Å². The van der Waals surface area contributed by atoms with Crippen molar-refractivity contribution < 1.29 is 0 Å². The number of rotatable bonds is 9. The van der Waals surface area contributed by atoms with Crippen molar-refractivity contribution in [3.05, 3.63) is 11.1 Å². The molecule has 0 radical (unpaired) electrons. The fourth-order valence-electron chi connectivity index (χ4n) is 1.70. The molecule has 0 fully saturated rings. The van der Waals surface area contributed by atoms with Crippen LogP contribution in [0.2, 0.25) is 0 Å². The summed E-state index contributed by atoms with van der Waals surface area (Å²) >= 11 is 1.77. The Balaban J connectivity index is 2.58. The van der Waals surface area contributed by atoms with Crippen molar-refractivity contribution >= 4 is 16.5 Å². The lowest BCUT2D eigenvalue weighted by Crippen LogP contribution is -2.25. The highest BCUT2D eigenvalue weighted by molar-refractivity contribution is 7.13. The number of hydrogen-bond donors (Lipinski definition) is 1. The highest BCUT2D eigenvalue weighted by Gasteiger charge is 2.09. The van der Waals surface area contributed by atoms with Crippen LogP contribution in [-0.4, -0.2) is 25.1 Å². The Labute approximate surface area is 109 Å². The van der Waals surface area contributed by atoms with Crippen molar-refractivity contribution in [2.24, 2.45) is 0 Å². The second-order valence-corrected chi connectivity index (χ2v) is 5.18. The van der Waals surface area contributed by atoms with Gasteiger partial charge in [-0.2, -0.15) is 0 Å². The molecule has 1 aromatic rings. The first kappa shape index (κ1) is 14.5. The Morgan fingerprint density at radius 1 is 1.24 bits per heavy atom. The molecule has 0 aliphatic carbocycles. The first-order valence-corrected chi connectivity index (χ1v) is 7.53. The third-order valence-corrected chi connectivity index (χ3v) is 3.68. The van der Waals surface area contributed by atoms with Crippen molar-refractivity contribution in [2.45, 2.75) is 46.1 Å². The number of anilines is 1. The maximum Gasteiger partial charge on any atom is 0.185 e. The Morgan fingerprint density at radius 2 is 1.88 bits per heavy atom. The van der Waals surface area contributed by atoms with Gasteiger partial charge in [0.05, 0.1) is 5.69 Å². The van der Waals surface area contributed by atoms with E-state index in [1.165, 1.54) is 30.8 Å². The summed E-state index contributed by atoms with van der Waals surface area (Å²) in [4.78, 5) is 7.13. The molecule has 0 saturated carbocycles. The quantitative estimate of drug-likeness (QED) is 0.734. The van der Waals surface area contributed by atoms with Gasteiger partial charge in [-0.25, -0.2) is 4.98 Å².